The lowest BCUT2D eigenvalue weighted by Gasteiger charge is -2.25. The van der Waals surface area contributed by atoms with Crippen molar-refractivity contribution in [3.63, 3.8) is 0 Å². The number of hydrogen-bond acceptors (Lipinski definition) is 5. The fraction of sp³-hybridized carbons (Fsp3) is 0.333. The van der Waals surface area contributed by atoms with Gasteiger partial charge in [-0.1, -0.05) is 39.0 Å². The first-order valence-electron chi connectivity index (χ1n) is 6.73. The van der Waals surface area contributed by atoms with Crippen molar-refractivity contribution in [2.24, 2.45) is 5.41 Å². The van der Waals surface area contributed by atoms with Crippen LogP contribution in [0.25, 0.3) is 0 Å². The third-order valence-electron chi connectivity index (χ3n) is 3.09. The zero-order valence-corrected chi connectivity index (χ0v) is 14.3. The Hall–Kier alpha value is -1.73. The third-order valence-corrected chi connectivity index (χ3v) is 5.75. The summed E-state index contributed by atoms with van der Waals surface area (Å²) in [4.78, 5) is 16.5. The van der Waals surface area contributed by atoms with Crippen LogP contribution in [0.5, 0.6) is 0 Å². The maximum absolute atomic E-state index is 12.8. The highest BCUT2D eigenvalue weighted by molar-refractivity contribution is 7.93. The van der Waals surface area contributed by atoms with Gasteiger partial charge in [0.15, 0.2) is 10.9 Å². The second-order valence-corrected chi connectivity index (χ2v) is 8.55. The van der Waals surface area contributed by atoms with E-state index < -0.39 is 15.4 Å². The van der Waals surface area contributed by atoms with E-state index in [1.807, 2.05) is 0 Å². The molecule has 7 heteroatoms. The van der Waals surface area contributed by atoms with Crippen molar-refractivity contribution in [1.29, 1.82) is 0 Å². The molecule has 22 heavy (non-hydrogen) atoms. The van der Waals surface area contributed by atoms with E-state index in [9.17, 15) is 13.2 Å². The largest absolute Gasteiger partial charge is 0.297 e. The van der Waals surface area contributed by atoms with Gasteiger partial charge in [0.05, 0.1) is 11.4 Å². The molecule has 0 unspecified atom stereocenters. The molecule has 0 aliphatic heterocycles. The number of anilines is 1. The number of benzene rings is 1. The summed E-state index contributed by atoms with van der Waals surface area (Å²) in [5.41, 5.74) is -0.623. The molecule has 2 rings (SSSR count). The molecular formula is C15H18N2O3S2. The molecule has 0 radical (unpaired) electrons. The molecule has 5 nitrogen and oxygen atoms in total. The minimum atomic E-state index is -3.82. The van der Waals surface area contributed by atoms with Gasteiger partial charge < -0.3 is 0 Å². The van der Waals surface area contributed by atoms with Crippen molar-refractivity contribution in [1.82, 2.24) is 4.98 Å². The monoisotopic (exact) mass is 338 g/mol. The van der Waals surface area contributed by atoms with Crippen molar-refractivity contribution < 1.29 is 13.2 Å². The average Bonchev–Trinajstić information content (AvgIpc) is 2.98. The van der Waals surface area contributed by atoms with Gasteiger partial charge in [-0.2, -0.15) is 0 Å². The van der Waals surface area contributed by atoms with E-state index in [-0.39, 0.29) is 17.2 Å². The van der Waals surface area contributed by atoms with E-state index in [1.165, 1.54) is 29.7 Å². The molecule has 0 amide bonds. The minimum Gasteiger partial charge on any atom is -0.297 e. The Bertz CT molecular complexity index is 733. The normalized spacial score (nSPS) is 12.1. The van der Waals surface area contributed by atoms with E-state index >= 15 is 0 Å². The maximum Gasteiger partial charge on any atom is 0.266 e. The van der Waals surface area contributed by atoms with Gasteiger partial charge in [0.25, 0.3) is 10.0 Å². The molecule has 0 aliphatic carbocycles. The number of thiazole rings is 1. The van der Waals surface area contributed by atoms with Crippen LogP contribution < -0.4 is 4.31 Å². The van der Waals surface area contributed by atoms with Gasteiger partial charge >= 0.3 is 0 Å². The van der Waals surface area contributed by atoms with Crippen LogP contribution in [0, 0.1) is 5.41 Å². The summed E-state index contributed by atoms with van der Waals surface area (Å²) in [6.45, 7) is 5.08. The molecule has 1 aromatic heterocycles. The molecule has 0 fully saturated rings. The van der Waals surface area contributed by atoms with Crippen molar-refractivity contribution in [3.8, 4) is 0 Å². The Morgan fingerprint density at radius 1 is 1.23 bits per heavy atom. The average molecular weight is 338 g/mol. The number of hydrogen-bond donors (Lipinski definition) is 0. The van der Waals surface area contributed by atoms with Crippen LogP contribution in [0.4, 0.5) is 5.13 Å². The standard InChI is InChI=1S/C15H18N2O3S2/c1-15(2,3)13(18)11-17(14-16-9-10-21-14)22(19,20)12-7-5-4-6-8-12/h4-10H,11H2,1-3H3. The molecule has 2 aromatic rings. The Kier molecular flexibility index (Phi) is 4.67. The number of aromatic nitrogens is 1. The molecule has 0 N–H and O–H groups in total. The number of nitrogens with zero attached hydrogens (tertiary/aromatic N) is 2. The number of rotatable bonds is 5. The first-order chi connectivity index (χ1) is 10.2. The van der Waals surface area contributed by atoms with Gasteiger partial charge in [0.2, 0.25) is 0 Å². The zero-order valence-electron chi connectivity index (χ0n) is 12.7. The van der Waals surface area contributed by atoms with Crippen LogP contribution in [0.15, 0.2) is 46.8 Å². The summed E-state index contributed by atoms with van der Waals surface area (Å²) in [7, 11) is -3.82. The fourth-order valence-electron chi connectivity index (χ4n) is 1.68. The van der Waals surface area contributed by atoms with Crippen LogP contribution in [0.1, 0.15) is 20.8 Å². The van der Waals surface area contributed by atoms with Crippen LogP contribution in [-0.4, -0.2) is 25.7 Å². The van der Waals surface area contributed by atoms with Gasteiger partial charge in [-0.25, -0.2) is 17.7 Å². The number of carbonyl (C=O) groups excluding carboxylic acids is 1. The van der Waals surface area contributed by atoms with E-state index in [1.54, 1.807) is 44.4 Å². The highest BCUT2D eigenvalue weighted by atomic mass is 32.2. The molecule has 0 saturated carbocycles. The summed E-state index contributed by atoms with van der Waals surface area (Å²) >= 11 is 1.19. The molecular weight excluding hydrogens is 320 g/mol. The van der Waals surface area contributed by atoms with Crippen LogP contribution in [0.3, 0.4) is 0 Å². The molecule has 0 bridgehead atoms. The first kappa shape index (κ1) is 16.6. The molecule has 1 aromatic carbocycles. The molecule has 1 heterocycles. The molecule has 0 atom stereocenters. The number of sulfonamides is 1. The number of Topliss-reactive ketones (excluding diaryl/α,β-unsaturated/α-hetero) is 1. The summed E-state index contributed by atoms with van der Waals surface area (Å²) in [5.74, 6) is -0.165. The van der Waals surface area contributed by atoms with Crippen molar-refractivity contribution in [2.75, 3.05) is 10.8 Å². The summed E-state index contributed by atoms with van der Waals surface area (Å²) in [5, 5.41) is 1.98. The van der Waals surface area contributed by atoms with Crippen molar-refractivity contribution in [2.45, 2.75) is 25.7 Å². The SMILES string of the molecule is CC(C)(C)C(=O)CN(c1nccs1)S(=O)(=O)c1ccccc1. The lowest BCUT2D eigenvalue weighted by atomic mass is 9.91. The molecule has 118 valence electrons. The maximum atomic E-state index is 12.8. The van der Waals surface area contributed by atoms with Gasteiger partial charge in [-0.15, -0.1) is 11.3 Å². The van der Waals surface area contributed by atoms with E-state index in [2.05, 4.69) is 4.98 Å². The lowest BCUT2D eigenvalue weighted by molar-refractivity contribution is -0.124. The molecule has 0 spiro atoms. The van der Waals surface area contributed by atoms with Crippen LogP contribution >= 0.6 is 11.3 Å². The summed E-state index contributed by atoms with van der Waals surface area (Å²) in [6, 6.07) is 8.07. The third kappa shape index (κ3) is 3.53. The summed E-state index contributed by atoms with van der Waals surface area (Å²) in [6.07, 6.45) is 1.52. The summed E-state index contributed by atoms with van der Waals surface area (Å²) < 4.78 is 26.8. The smallest absolute Gasteiger partial charge is 0.266 e. The van der Waals surface area contributed by atoms with Gasteiger partial charge in [0.1, 0.15) is 0 Å². The Labute approximate surface area is 134 Å². The van der Waals surface area contributed by atoms with Crippen molar-refractivity contribution in [3.05, 3.63) is 41.9 Å². The van der Waals surface area contributed by atoms with Crippen molar-refractivity contribution >= 4 is 32.3 Å². The van der Waals surface area contributed by atoms with Gasteiger partial charge in [-0.05, 0) is 12.1 Å². The predicted octanol–water partition coefficient (Wildman–Crippen LogP) is 2.95. The Morgan fingerprint density at radius 2 is 1.86 bits per heavy atom. The highest BCUT2D eigenvalue weighted by Gasteiger charge is 2.32. The van der Waals surface area contributed by atoms with Gasteiger partial charge in [-0.3, -0.25) is 4.79 Å². The lowest BCUT2D eigenvalue weighted by Crippen LogP contribution is -2.39. The zero-order chi connectivity index (χ0) is 16.4. The predicted molar refractivity (Wildman–Crippen MR) is 87.5 cm³/mol. The van der Waals surface area contributed by atoms with E-state index in [0.717, 1.165) is 4.31 Å². The second-order valence-electron chi connectivity index (χ2n) is 5.81. The first-order valence-corrected chi connectivity index (χ1v) is 9.05. The molecule has 0 saturated heterocycles. The van der Waals surface area contributed by atoms with E-state index in [0.29, 0.717) is 5.13 Å². The quantitative estimate of drug-likeness (QED) is 0.840. The number of ketones is 1. The minimum absolute atomic E-state index is 0.145. The van der Waals surface area contributed by atoms with Crippen LogP contribution in [0.2, 0.25) is 0 Å². The fourth-order valence-corrected chi connectivity index (χ4v) is 3.95. The Morgan fingerprint density at radius 3 is 2.36 bits per heavy atom. The number of carbonyl (C=O) groups is 1. The van der Waals surface area contributed by atoms with E-state index in [4.69, 9.17) is 0 Å². The van der Waals surface area contributed by atoms with Crippen LogP contribution in [-0.2, 0) is 14.8 Å². The molecule has 0 aliphatic rings. The second kappa shape index (κ2) is 6.18. The highest BCUT2D eigenvalue weighted by Crippen LogP contribution is 2.27. The topological polar surface area (TPSA) is 67.3 Å². The van der Waals surface area contributed by atoms with Gasteiger partial charge in [0, 0.05) is 17.0 Å². The Balaban J connectivity index is 2.44.